The van der Waals surface area contributed by atoms with Crippen LogP contribution in [-0.2, 0) is 0 Å². The molecule has 0 fully saturated rings. The van der Waals surface area contributed by atoms with Gasteiger partial charge in [-0.25, -0.2) is 0 Å². The van der Waals surface area contributed by atoms with Crippen LogP contribution in [0.4, 0.5) is 0 Å². The van der Waals surface area contributed by atoms with E-state index in [0.717, 1.165) is 11.3 Å². The number of benzene rings is 1. The lowest BCUT2D eigenvalue weighted by Gasteiger charge is -2.14. The Morgan fingerprint density at radius 1 is 1.29 bits per heavy atom. The number of hydrogen-bond donors (Lipinski definition) is 1. The highest BCUT2D eigenvalue weighted by molar-refractivity contribution is 7.80. The van der Waals surface area contributed by atoms with Crippen molar-refractivity contribution in [2.45, 2.75) is 20.8 Å². The number of nitrogens with two attached hydrogens (primary N) is 1. The minimum Gasteiger partial charge on any atom is -0.490 e. The molecular formula is C13H19NO2S. The van der Waals surface area contributed by atoms with Gasteiger partial charge in [0.25, 0.3) is 0 Å². The molecule has 17 heavy (non-hydrogen) atoms. The summed E-state index contributed by atoms with van der Waals surface area (Å²) in [4.78, 5) is 0.362. The Labute approximate surface area is 108 Å². The Morgan fingerprint density at radius 2 is 2.00 bits per heavy atom. The minimum absolute atomic E-state index is 0.362. The van der Waals surface area contributed by atoms with E-state index in [2.05, 4.69) is 13.8 Å². The summed E-state index contributed by atoms with van der Waals surface area (Å²) in [5.74, 6) is 1.90. The summed E-state index contributed by atoms with van der Waals surface area (Å²) >= 11 is 4.94. The third-order valence-corrected chi connectivity index (χ3v) is 2.34. The van der Waals surface area contributed by atoms with Crippen molar-refractivity contribution in [1.29, 1.82) is 0 Å². The third-order valence-electron chi connectivity index (χ3n) is 2.10. The Morgan fingerprint density at radius 3 is 2.53 bits per heavy atom. The molecule has 1 aromatic rings. The van der Waals surface area contributed by atoms with Crippen molar-refractivity contribution >= 4 is 17.2 Å². The van der Waals surface area contributed by atoms with Gasteiger partial charge >= 0.3 is 0 Å². The molecule has 0 bridgehead atoms. The Bertz CT molecular complexity index is 391. The van der Waals surface area contributed by atoms with Gasteiger partial charge in [0.15, 0.2) is 11.5 Å². The summed E-state index contributed by atoms with van der Waals surface area (Å²) in [5, 5.41) is 0. The first-order valence-electron chi connectivity index (χ1n) is 5.74. The smallest absolute Gasteiger partial charge is 0.161 e. The van der Waals surface area contributed by atoms with Crippen molar-refractivity contribution in [3.05, 3.63) is 23.8 Å². The van der Waals surface area contributed by atoms with Crippen LogP contribution in [0.1, 0.15) is 26.3 Å². The van der Waals surface area contributed by atoms with Crippen LogP contribution in [0.2, 0.25) is 0 Å². The van der Waals surface area contributed by atoms with Crippen molar-refractivity contribution in [3.8, 4) is 11.5 Å². The lowest BCUT2D eigenvalue weighted by atomic mass is 10.2. The second kappa shape index (κ2) is 6.45. The van der Waals surface area contributed by atoms with Crippen LogP contribution in [0.5, 0.6) is 11.5 Å². The average Bonchev–Trinajstić information content (AvgIpc) is 2.27. The van der Waals surface area contributed by atoms with E-state index in [4.69, 9.17) is 27.4 Å². The lowest BCUT2D eigenvalue weighted by Crippen LogP contribution is -2.11. The first-order chi connectivity index (χ1) is 8.04. The Hall–Kier alpha value is -1.29. The van der Waals surface area contributed by atoms with Gasteiger partial charge in [0, 0.05) is 5.56 Å². The van der Waals surface area contributed by atoms with Crippen LogP contribution < -0.4 is 15.2 Å². The van der Waals surface area contributed by atoms with Gasteiger partial charge in [0.05, 0.1) is 13.2 Å². The van der Waals surface area contributed by atoms with Crippen LogP contribution in [0.25, 0.3) is 0 Å². The van der Waals surface area contributed by atoms with Crippen LogP contribution >= 0.6 is 12.2 Å². The van der Waals surface area contributed by atoms with Crippen molar-refractivity contribution in [3.63, 3.8) is 0 Å². The van der Waals surface area contributed by atoms with Crippen LogP contribution in [-0.4, -0.2) is 18.2 Å². The second-order valence-corrected chi connectivity index (χ2v) is 4.60. The zero-order valence-corrected chi connectivity index (χ0v) is 11.3. The second-order valence-electron chi connectivity index (χ2n) is 4.16. The largest absolute Gasteiger partial charge is 0.490 e. The summed E-state index contributed by atoms with van der Waals surface area (Å²) in [5.41, 5.74) is 6.38. The molecule has 0 aliphatic heterocycles. The summed E-state index contributed by atoms with van der Waals surface area (Å²) in [6, 6.07) is 5.52. The predicted octanol–water partition coefficient (Wildman–Crippen LogP) is 2.75. The molecule has 0 spiro atoms. The molecule has 0 saturated carbocycles. The van der Waals surface area contributed by atoms with Crippen LogP contribution in [0, 0.1) is 5.92 Å². The molecule has 3 nitrogen and oxygen atoms in total. The highest BCUT2D eigenvalue weighted by atomic mass is 32.1. The summed E-state index contributed by atoms with van der Waals surface area (Å²) in [6.45, 7) is 7.37. The number of rotatable bonds is 6. The molecule has 0 heterocycles. The molecule has 1 aromatic carbocycles. The molecule has 0 radical (unpaired) electrons. The molecule has 0 aromatic heterocycles. The SMILES string of the molecule is CCOc1cc(C(N)=S)ccc1OCC(C)C. The first kappa shape index (κ1) is 13.8. The molecule has 0 atom stereocenters. The zero-order valence-electron chi connectivity index (χ0n) is 10.5. The van der Waals surface area contributed by atoms with Crippen molar-refractivity contribution < 1.29 is 9.47 Å². The van der Waals surface area contributed by atoms with E-state index < -0.39 is 0 Å². The van der Waals surface area contributed by atoms with E-state index in [-0.39, 0.29) is 0 Å². The summed E-state index contributed by atoms with van der Waals surface area (Å²) < 4.78 is 11.2. The molecule has 94 valence electrons. The maximum absolute atomic E-state index is 5.68. The van der Waals surface area contributed by atoms with Crippen molar-refractivity contribution in [2.75, 3.05) is 13.2 Å². The first-order valence-corrected chi connectivity index (χ1v) is 6.14. The topological polar surface area (TPSA) is 44.5 Å². The third kappa shape index (κ3) is 4.23. The Balaban J connectivity index is 2.91. The van der Waals surface area contributed by atoms with Gasteiger partial charge in [0.2, 0.25) is 0 Å². The molecule has 0 unspecified atom stereocenters. The quantitative estimate of drug-likeness (QED) is 0.792. The Kier molecular flexibility index (Phi) is 5.22. The predicted molar refractivity (Wildman–Crippen MR) is 73.8 cm³/mol. The molecular weight excluding hydrogens is 234 g/mol. The summed E-state index contributed by atoms with van der Waals surface area (Å²) in [7, 11) is 0. The van der Waals surface area contributed by atoms with Gasteiger partial charge in [0.1, 0.15) is 4.99 Å². The van der Waals surface area contributed by atoms with Gasteiger partial charge in [-0.3, -0.25) is 0 Å². The van der Waals surface area contributed by atoms with Gasteiger partial charge in [-0.1, -0.05) is 26.1 Å². The lowest BCUT2D eigenvalue weighted by molar-refractivity contribution is 0.248. The van der Waals surface area contributed by atoms with E-state index in [0.29, 0.717) is 29.9 Å². The molecule has 0 amide bonds. The monoisotopic (exact) mass is 253 g/mol. The number of thiocarbonyl (C=S) groups is 1. The maximum Gasteiger partial charge on any atom is 0.161 e. The van der Waals surface area contributed by atoms with E-state index >= 15 is 0 Å². The number of hydrogen-bond acceptors (Lipinski definition) is 3. The molecule has 1 rings (SSSR count). The molecule has 4 heteroatoms. The minimum atomic E-state index is 0.362. The fourth-order valence-electron chi connectivity index (χ4n) is 1.31. The van der Waals surface area contributed by atoms with Crippen LogP contribution in [0.3, 0.4) is 0 Å². The highest BCUT2D eigenvalue weighted by Gasteiger charge is 2.08. The van der Waals surface area contributed by atoms with E-state index in [1.54, 1.807) is 0 Å². The van der Waals surface area contributed by atoms with Gasteiger partial charge in [-0.05, 0) is 31.0 Å². The van der Waals surface area contributed by atoms with Crippen molar-refractivity contribution in [1.82, 2.24) is 0 Å². The van der Waals surface area contributed by atoms with E-state index in [1.165, 1.54) is 0 Å². The molecule has 0 aliphatic carbocycles. The van der Waals surface area contributed by atoms with Gasteiger partial charge in [-0.2, -0.15) is 0 Å². The standard InChI is InChI=1S/C13H19NO2S/c1-4-15-12-7-10(13(14)17)5-6-11(12)16-8-9(2)3/h5-7,9H,4,8H2,1-3H3,(H2,14,17). The maximum atomic E-state index is 5.68. The summed E-state index contributed by atoms with van der Waals surface area (Å²) in [6.07, 6.45) is 0. The van der Waals surface area contributed by atoms with E-state index in [1.807, 2.05) is 25.1 Å². The van der Waals surface area contributed by atoms with Gasteiger partial charge < -0.3 is 15.2 Å². The fourth-order valence-corrected chi connectivity index (χ4v) is 1.43. The fraction of sp³-hybridized carbons (Fsp3) is 0.462. The molecule has 0 aliphatic rings. The molecule has 0 saturated heterocycles. The van der Waals surface area contributed by atoms with Crippen LogP contribution in [0.15, 0.2) is 18.2 Å². The number of ether oxygens (including phenoxy) is 2. The van der Waals surface area contributed by atoms with Crippen molar-refractivity contribution in [2.24, 2.45) is 11.7 Å². The molecule has 2 N–H and O–H groups in total. The zero-order chi connectivity index (χ0) is 12.8. The highest BCUT2D eigenvalue weighted by Crippen LogP contribution is 2.28. The van der Waals surface area contributed by atoms with E-state index in [9.17, 15) is 0 Å². The normalized spacial score (nSPS) is 10.4. The van der Waals surface area contributed by atoms with Gasteiger partial charge in [-0.15, -0.1) is 0 Å². The average molecular weight is 253 g/mol.